The summed E-state index contributed by atoms with van der Waals surface area (Å²) in [5.74, 6) is -3.85. The second kappa shape index (κ2) is 5.14. The van der Waals surface area contributed by atoms with Gasteiger partial charge in [0.2, 0.25) is 0 Å². The highest BCUT2D eigenvalue weighted by Crippen LogP contribution is 2.45. The van der Waals surface area contributed by atoms with Gasteiger partial charge in [0.15, 0.2) is 17.5 Å². The van der Waals surface area contributed by atoms with E-state index in [0.717, 1.165) is 22.6 Å². The molecule has 2 aromatic carbocycles. The molecule has 20 heavy (non-hydrogen) atoms. The van der Waals surface area contributed by atoms with Crippen molar-refractivity contribution >= 4 is 11.8 Å². The van der Waals surface area contributed by atoms with Crippen molar-refractivity contribution in [3.63, 3.8) is 0 Å². The standard InChI is InChI=1S/C15H11F3OS/c16-11-6-5-9(13(17)14(11)18)15(19)10-7-20-12-4-2-1-3-8(10)12/h1-6,10,15,19H,7H2. The quantitative estimate of drug-likeness (QED) is 0.844. The third-order valence-electron chi connectivity index (χ3n) is 3.50. The highest BCUT2D eigenvalue weighted by atomic mass is 32.2. The molecule has 1 aliphatic heterocycles. The first-order valence-corrected chi connectivity index (χ1v) is 7.11. The summed E-state index contributed by atoms with van der Waals surface area (Å²) in [6.45, 7) is 0. The van der Waals surface area contributed by atoms with Gasteiger partial charge in [-0.3, -0.25) is 0 Å². The van der Waals surface area contributed by atoms with Gasteiger partial charge in [-0.25, -0.2) is 13.2 Å². The van der Waals surface area contributed by atoms with Gasteiger partial charge in [-0.1, -0.05) is 24.3 Å². The monoisotopic (exact) mass is 296 g/mol. The Morgan fingerprint density at radius 2 is 1.80 bits per heavy atom. The molecule has 0 saturated heterocycles. The Morgan fingerprint density at radius 3 is 2.60 bits per heavy atom. The number of aliphatic hydroxyl groups excluding tert-OH is 1. The molecule has 0 aromatic heterocycles. The molecule has 0 aliphatic carbocycles. The number of hydrogen-bond acceptors (Lipinski definition) is 2. The summed E-state index contributed by atoms with van der Waals surface area (Å²) in [7, 11) is 0. The van der Waals surface area contributed by atoms with E-state index in [0.29, 0.717) is 5.75 Å². The Morgan fingerprint density at radius 1 is 1.05 bits per heavy atom. The highest BCUT2D eigenvalue weighted by Gasteiger charge is 2.32. The van der Waals surface area contributed by atoms with Crippen molar-refractivity contribution in [3.05, 3.63) is 65.0 Å². The third kappa shape index (κ3) is 2.11. The minimum atomic E-state index is -1.54. The number of aliphatic hydroxyl groups is 1. The summed E-state index contributed by atoms with van der Waals surface area (Å²) in [6.07, 6.45) is -1.19. The maximum Gasteiger partial charge on any atom is 0.194 e. The van der Waals surface area contributed by atoms with Crippen LogP contribution in [0.15, 0.2) is 41.3 Å². The molecule has 0 amide bonds. The molecule has 5 heteroatoms. The van der Waals surface area contributed by atoms with E-state index in [4.69, 9.17) is 0 Å². The summed E-state index contributed by atoms with van der Waals surface area (Å²) in [5.41, 5.74) is 0.709. The Bertz CT molecular complexity index is 660. The average molecular weight is 296 g/mol. The van der Waals surface area contributed by atoms with Crippen molar-refractivity contribution in [3.8, 4) is 0 Å². The van der Waals surface area contributed by atoms with Crippen molar-refractivity contribution in [1.29, 1.82) is 0 Å². The molecule has 0 fully saturated rings. The van der Waals surface area contributed by atoms with Gasteiger partial charge in [0.05, 0.1) is 6.10 Å². The summed E-state index contributed by atoms with van der Waals surface area (Å²) in [5, 5.41) is 10.3. The van der Waals surface area contributed by atoms with Crippen molar-refractivity contribution in [2.75, 3.05) is 5.75 Å². The van der Waals surface area contributed by atoms with Crippen molar-refractivity contribution in [1.82, 2.24) is 0 Å². The first-order valence-electron chi connectivity index (χ1n) is 6.12. The molecule has 104 valence electrons. The van der Waals surface area contributed by atoms with E-state index in [1.807, 2.05) is 24.3 Å². The van der Waals surface area contributed by atoms with Crippen LogP contribution in [0.5, 0.6) is 0 Å². The molecule has 1 nitrogen and oxygen atoms in total. The molecule has 1 N–H and O–H groups in total. The Labute approximate surface area is 118 Å². The molecule has 2 aromatic rings. The molecule has 0 saturated carbocycles. The van der Waals surface area contributed by atoms with Crippen LogP contribution in [-0.4, -0.2) is 10.9 Å². The molecule has 0 bridgehead atoms. The molecular formula is C15H11F3OS. The third-order valence-corrected chi connectivity index (χ3v) is 4.71. The molecule has 2 unspecified atom stereocenters. The first kappa shape index (κ1) is 13.5. The van der Waals surface area contributed by atoms with Gasteiger partial charge in [-0.15, -0.1) is 11.8 Å². The number of benzene rings is 2. The van der Waals surface area contributed by atoms with Gasteiger partial charge < -0.3 is 5.11 Å². The van der Waals surface area contributed by atoms with E-state index in [1.54, 1.807) is 11.8 Å². The Balaban J connectivity index is 1.99. The zero-order valence-corrected chi connectivity index (χ0v) is 11.1. The van der Waals surface area contributed by atoms with Crippen LogP contribution in [0.25, 0.3) is 0 Å². The second-order valence-electron chi connectivity index (χ2n) is 4.66. The van der Waals surface area contributed by atoms with E-state index >= 15 is 0 Å². The van der Waals surface area contributed by atoms with Crippen LogP contribution in [0.4, 0.5) is 13.2 Å². The lowest BCUT2D eigenvalue weighted by molar-refractivity contribution is 0.148. The van der Waals surface area contributed by atoms with Crippen LogP contribution in [0, 0.1) is 17.5 Å². The van der Waals surface area contributed by atoms with E-state index in [1.165, 1.54) is 0 Å². The predicted molar refractivity (Wildman–Crippen MR) is 71.2 cm³/mol. The Kier molecular flexibility index (Phi) is 3.48. The van der Waals surface area contributed by atoms with E-state index in [2.05, 4.69) is 0 Å². The summed E-state index contributed by atoms with van der Waals surface area (Å²) >= 11 is 1.56. The van der Waals surface area contributed by atoms with Gasteiger partial charge in [-0.05, 0) is 17.7 Å². The maximum atomic E-state index is 13.8. The van der Waals surface area contributed by atoms with Crippen LogP contribution in [0.2, 0.25) is 0 Å². The highest BCUT2D eigenvalue weighted by molar-refractivity contribution is 7.99. The van der Waals surface area contributed by atoms with Crippen molar-refractivity contribution in [2.24, 2.45) is 0 Å². The van der Waals surface area contributed by atoms with Crippen LogP contribution in [-0.2, 0) is 0 Å². The predicted octanol–water partition coefficient (Wildman–Crippen LogP) is 4.03. The number of hydrogen-bond donors (Lipinski definition) is 1. The van der Waals surface area contributed by atoms with Crippen LogP contribution in [0.3, 0.4) is 0 Å². The normalized spacial score (nSPS) is 18.9. The lowest BCUT2D eigenvalue weighted by atomic mass is 9.90. The average Bonchev–Trinajstić information content (AvgIpc) is 2.88. The van der Waals surface area contributed by atoms with E-state index in [-0.39, 0.29) is 11.5 Å². The lowest BCUT2D eigenvalue weighted by Gasteiger charge is -2.19. The van der Waals surface area contributed by atoms with Crippen LogP contribution >= 0.6 is 11.8 Å². The molecule has 3 rings (SSSR count). The molecule has 0 spiro atoms. The van der Waals surface area contributed by atoms with Crippen LogP contribution < -0.4 is 0 Å². The van der Waals surface area contributed by atoms with Gasteiger partial charge in [0, 0.05) is 22.1 Å². The summed E-state index contributed by atoms with van der Waals surface area (Å²) < 4.78 is 40.0. The van der Waals surface area contributed by atoms with Crippen molar-refractivity contribution < 1.29 is 18.3 Å². The minimum absolute atomic E-state index is 0.203. The van der Waals surface area contributed by atoms with E-state index in [9.17, 15) is 18.3 Å². The number of thioether (sulfide) groups is 1. The fourth-order valence-corrected chi connectivity index (χ4v) is 3.72. The fourth-order valence-electron chi connectivity index (χ4n) is 2.43. The molecular weight excluding hydrogens is 285 g/mol. The zero-order valence-electron chi connectivity index (χ0n) is 10.3. The van der Waals surface area contributed by atoms with Gasteiger partial charge in [0.25, 0.3) is 0 Å². The molecule has 1 heterocycles. The van der Waals surface area contributed by atoms with Gasteiger partial charge >= 0.3 is 0 Å². The largest absolute Gasteiger partial charge is 0.388 e. The smallest absolute Gasteiger partial charge is 0.194 e. The molecule has 0 radical (unpaired) electrons. The lowest BCUT2D eigenvalue weighted by Crippen LogP contribution is -2.13. The van der Waals surface area contributed by atoms with E-state index < -0.39 is 23.6 Å². The molecule has 2 atom stereocenters. The van der Waals surface area contributed by atoms with Gasteiger partial charge in [-0.2, -0.15) is 0 Å². The number of fused-ring (bicyclic) bond motifs is 1. The number of rotatable bonds is 2. The first-order chi connectivity index (χ1) is 9.59. The fraction of sp³-hybridized carbons (Fsp3) is 0.200. The number of halogens is 3. The SMILES string of the molecule is OC(c1ccc(F)c(F)c1F)C1CSc2ccccc21. The Hall–Kier alpha value is -1.46. The molecule has 1 aliphatic rings. The summed E-state index contributed by atoms with van der Waals surface area (Å²) in [6, 6.07) is 9.45. The van der Waals surface area contributed by atoms with Crippen LogP contribution in [0.1, 0.15) is 23.1 Å². The minimum Gasteiger partial charge on any atom is -0.388 e. The summed E-state index contributed by atoms with van der Waals surface area (Å²) in [4.78, 5) is 1.03. The van der Waals surface area contributed by atoms with Gasteiger partial charge in [0.1, 0.15) is 0 Å². The second-order valence-corrected chi connectivity index (χ2v) is 5.73. The maximum absolute atomic E-state index is 13.8. The van der Waals surface area contributed by atoms with Crippen molar-refractivity contribution in [2.45, 2.75) is 16.9 Å². The topological polar surface area (TPSA) is 20.2 Å². The zero-order chi connectivity index (χ0) is 14.3.